The molecule has 0 aromatic heterocycles. The molecule has 0 amide bonds. The Morgan fingerprint density at radius 1 is 1.44 bits per heavy atom. The molecule has 0 spiro atoms. The van der Waals surface area contributed by atoms with Crippen molar-refractivity contribution in [1.82, 2.24) is 10.2 Å². The Morgan fingerprint density at radius 2 is 2.19 bits per heavy atom. The van der Waals surface area contributed by atoms with Crippen LogP contribution in [0.1, 0.15) is 33.6 Å². The molecule has 1 aliphatic heterocycles. The topological polar surface area (TPSA) is 39.1 Å². The summed E-state index contributed by atoms with van der Waals surface area (Å²) in [5, 5.41) is 12.3. The van der Waals surface area contributed by atoms with Gasteiger partial charge in [0.2, 0.25) is 0 Å². The minimum absolute atomic E-state index is 0.576. The van der Waals surface area contributed by atoms with Crippen molar-refractivity contribution in [2.24, 2.45) is 11.8 Å². The van der Waals surface area contributed by atoms with E-state index in [1.807, 2.05) is 0 Å². The first-order valence-electron chi connectivity index (χ1n) is 6.44. The van der Waals surface area contributed by atoms with E-state index in [1.54, 1.807) is 0 Å². The van der Waals surface area contributed by atoms with Crippen LogP contribution in [0.4, 0.5) is 0 Å². The summed E-state index contributed by atoms with van der Waals surface area (Å²) in [5.74, 6) is 1.47. The summed E-state index contributed by atoms with van der Waals surface area (Å²) in [6, 6.07) is 2.83. The van der Waals surface area contributed by atoms with Crippen molar-refractivity contribution >= 4 is 0 Å². The number of nitrogens with zero attached hydrogens (tertiary/aromatic N) is 2. The Labute approximate surface area is 99.8 Å². The molecule has 0 aromatic carbocycles. The summed E-state index contributed by atoms with van der Waals surface area (Å²) in [4.78, 5) is 2.27. The lowest BCUT2D eigenvalue weighted by molar-refractivity contribution is 0.164. The van der Waals surface area contributed by atoms with Gasteiger partial charge in [-0.25, -0.2) is 0 Å². The van der Waals surface area contributed by atoms with E-state index in [0.717, 1.165) is 25.6 Å². The van der Waals surface area contributed by atoms with Crippen molar-refractivity contribution in [2.45, 2.75) is 39.7 Å². The van der Waals surface area contributed by atoms with Crippen molar-refractivity contribution in [3.63, 3.8) is 0 Å². The number of nitriles is 1. The quantitative estimate of drug-likeness (QED) is 0.723. The monoisotopic (exact) mass is 223 g/mol. The van der Waals surface area contributed by atoms with Gasteiger partial charge in [0.1, 0.15) is 0 Å². The van der Waals surface area contributed by atoms with Crippen LogP contribution < -0.4 is 5.32 Å². The summed E-state index contributed by atoms with van der Waals surface area (Å²) >= 11 is 0. The second kappa shape index (κ2) is 6.88. The van der Waals surface area contributed by atoms with Gasteiger partial charge in [0.15, 0.2) is 0 Å². The van der Waals surface area contributed by atoms with Crippen LogP contribution in [0.3, 0.4) is 0 Å². The van der Waals surface area contributed by atoms with E-state index < -0.39 is 0 Å². The largest absolute Gasteiger partial charge is 0.313 e. The molecule has 3 heteroatoms. The van der Waals surface area contributed by atoms with E-state index in [-0.39, 0.29) is 0 Å². The lowest BCUT2D eigenvalue weighted by atomic mass is 9.95. The van der Waals surface area contributed by atoms with Gasteiger partial charge in [-0.2, -0.15) is 5.26 Å². The Bertz CT molecular complexity index is 232. The second-order valence-corrected chi connectivity index (χ2v) is 5.53. The van der Waals surface area contributed by atoms with Gasteiger partial charge < -0.3 is 5.32 Å². The van der Waals surface area contributed by atoms with E-state index >= 15 is 0 Å². The number of hydrogen-bond acceptors (Lipinski definition) is 3. The number of rotatable bonds is 5. The average molecular weight is 223 g/mol. The fourth-order valence-corrected chi connectivity index (χ4v) is 2.41. The summed E-state index contributed by atoms with van der Waals surface area (Å²) in [6.07, 6.45) is 2.49. The van der Waals surface area contributed by atoms with Gasteiger partial charge >= 0.3 is 0 Å². The third-order valence-corrected chi connectivity index (χ3v) is 3.18. The predicted molar refractivity (Wildman–Crippen MR) is 67.1 cm³/mol. The normalized spacial score (nSPS) is 26.9. The number of piperidine rings is 1. The van der Waals surface area contributed by atoms with E-state index in [1.165, 1.54) is 12.8 Å². The summed E-state index contributed by atoms with van der Waals surface area (Å²) < 4.78 is 0. The summed E-state index contributed by atoms with van der Waals surface area (Å²) in [6.45, 7) is 10.6. The smallest absolute Gasteiger partial charge is 0.0866 e. The van der Waals surface area contributed by atoms with Crippen LogP contribution in [0.2, 0.25) is 0 Å². The fraction of sp³-hybridized carbons (Fsp3) is 0.923. The molecule has 2 unspecified atom stereocenters. The van der Waals surface area contributed by atoms with Gasteiger partial charge in [0, 0.05) is 19.1 Å². The Balaban J connectivity index is 2.27. The molecule has 0 saturated carbocycles. The minimum atomic E-state index is 0.576. The van der Waals surface area contributed by atoms with Gasteiger partial charge in [-0.3, -0.25) is 4.90 Å². The molecule has 1 aliphatic rings. The van der Waals surface area contributed by atoms with E-state index in [4.69, 9.17) is 5.26 Å². The minimum Gasteiger partial charge on any atom is -0.313 e. The van der Waals surface area contributed by atoms with E-state index in [2.05, 4.69) is 37.1 Å². The molecule has 1 heterocycles. The van der Waals surface area contributed by atoms with Crippen molar-refractivity contribution < 1.29 is 0 Å². The number of hydrogen-bond donors (Lipinski definition) is 1. The van der Waals surface area contributed by atoms with Crippen LogP contribution in [0.15, 0.2) is 0 Å². The molecule has 0 bridgehead atoms. The van der Waals surface area contributed by atoms with Crippen molar-refractivity contribution in [2.75, 3.05) is 26.2 Å². The number of nitrogens with one attached hydrogen (secondary N) is 1. The predicted octanol–water partition coefficient (Wildman–Crippen LogP) is 1.86. The first-order chi connectivity index (χ1) is 7.61. The van der Waals surface area contributed by atoms with Crippen LogP contribution >= 0.6 is 0 Å². The Morgan fingerprint density at radius 3 is 2.81 bits per heavy atom. The van der Waals surface area contributed by atoms with E-state index in [9.17, 15) is 0 Å². The van der Waals surface area contributed by atoms with Crippen molar-refractivity contribution in [3.05, 3.63) is 0 Å². The lowest BCUT2D eigenvalue weighted by Crippen LogP contribution is -2.49. The highest BCUT2D eigenvalue weighted by atomic mass is 15.2. The first kappa shape index (κ1) is 13.5. The highest BCUT2D eigenvalue weighted by Gasteiger charge is 2.23. The molecule has 0 radical (unpaired) electrons. The van der Waals surface area contributed by atoms with Crippen LogP contribution in [0.25, 0.3) is 0 Å². The first-order valence-corrected chi connectivity index (χ1v) is 6.44. The lowest BCUT2D eigenvalue weighted by Gasteiger charge is -2.35. The average Bonchev–Trinajstić information content (AvgIpc) is 2.16. The molecule has 2 atom stereocenters. The molecule has 0 aliphatic carbocycles. The van der Waals surface area contributed by atoms with Crippen molar-refractivity contribution in [3.8, 4) is 6.07 Å². The molecule has 1 rings (SSSR count). The van der Waals surface area contributed by atoms with Crippen LogP contribution in [-0.2, 0) is 0 Å². The fourth-order valence-electron chi connectivity index (χ4n) is 2.41. The molecule has 1 saturated heterocycles. The molecule has 16 heavy (non-hydrogen) atoms. The maximum Gasteiger partial charge on any atom is 0.0866 e. The Kier molecular flexibility index (Phi) is 5.79. The molecule has 1 fully saturated rings. The zero-order chi connectivity index (χ0) is 12.0. The zero-order valence-electron chi connectivity index (χ0n) is 10.9. The summed E-state index contributed by atoms with van der Waals surface area (Å²) in [7, 11) is 0. The molecular formula is C13H25N3. The Hall–Kier alpha value is -0.590. The van der Waals surface area contributed by atoms with Crippen LogP contribution in [0.5, 0.6) is 0 Å². The third-order valence-electron chi connectivity index (χ3n) is 3.18. The maximum absolute atomic E-state index is 8.73. The number of likely N-dealkylation sites (tertiary alicyclic amines) is 1. The standard InChI is InChI=1S/C13H25N3/c1-11(2)4-6-15-13-8-12(3)9-16(10-13)7-5-14/h11-13,15H,4,6-10H2,1-3H3. The molecular weight excluding hydrogens is 198 g/mol. The van der Waals surface area contributed by atoms with Gasteiger partial charge in [0.05, 0.1) is 12.6 Å². The van der Waals surface area contributed by atoms with Gasteiger partial charge in [-0.15, -0.1) is 0 Å². The van der Waals surface area contributed by atoms with Gasteiger partial charge in [-0.05, 0) is 31.2 Å². The second-order valence-electron chi connectivity index (χ2n) is 5.53. The molecule has 0 aromatic rings. The zero-order valence-corrected chi connectivity index (χ0v) is 10.9. The van der Waals surface area contributed by atoms with Gasteiger partial charge in [-0.1, -0.05) is 20.8 Å². The van der Waals surface area contributed by atoms with Crippen LogP contribution in [0, 0.1) is 23.2 Å². The maximum atomic E-state index is 8.73. The molecule has 3 nitrogen and oxygen atoms in total. The highest BCUT2D eigenvalue weighted by Crippen LogP contribution is 2.16. The van der Waals surface area contributed by atoms with Crippen LogP contribution in [-0.4, -0.2) is 37.1 Å². The SMILES string of the molecule is CC(C)CCNC1CC(C)CN(CC#N)C1. The van der Waals surface area contributed by atoms with Gasteiger partial charge in [0.25, 0.3) is 0 Å². The molecule has 1 N–H and O–H groups in total. The van der Waals surface area contributed by atoms with Crippen molar-refractivity contribution in [1.29, 1.82) is 5.26 Å². The molecule has 92 valence electrons. The third kappa shape index (κ3) is 4.96. The summed E-state index contributed by atoms with van der Waals surface area (Å²) in [5.41, 5.74) is 0. The van der Waals surface area contributed by atoms with E-state index in [0.29, 0.717) is 18.5 Å². The highest BCUT2D eigenvalue weighted by molar-refractivity contribution is 4.86.